The van der Waals surface area contributed by atoms with Gasteiger partial charge in [0.2, 0.25) is 5.76 Å². The first kappa shape index (κ1) is 19.6. The van der Waals surface area contributed by atoms with Crippen LogP contribution < -0.4 is 16.3 Å². The van der Waals surface area contributed by atoms with Crippen molar-refractivity contribution in [1.82, 2.24) is 19.5 Å². The topological polar surface area (TPSA) is 155 Å². The molecule has 0 aliphatic heterocycles. The first-order chi connectivity index (χ1) is 13.4. The number of amides is 2. The zero-order chi connectivity index (χ0) is 20.3. The Morgan fingerprint density at radius 2 is 2.14 bits per heavy atom. The third kappa shape index (κ3) is 3.89. The number of fused-ring (bicyclic) bond motifs is 1. The van der Waals surface area contributed by atoms with Gasteiger partial charge in [-0.25, -0.2) is 15.0 Å². The van der Waals surface area contributed by atoms with Crippen LogP contribution in [0.3, 0.4) is 0 Å². The SMILES string of the molecule is CCc1nc(C)oc1C(=O)N=c1sc2nc(C(N)=O)cnc2n1C/C=C/CN. The largest absolute Gasteiger partial charge is 0.435 e. The summed E-state index contributed by atoms with van der Waals surface area (Å²) < 4.78 is 7.13. The van der Waals surface area contributed by atoms with Crippen LogP contribution in [0.5, 0.6) is 0 Å². The maximum atomic E-state index is 12.7. The molecule has 3 aromatic heterocycles. The summed E-state index contributed by atoms with van der Waals surface area (Å²) in [6.45, 7) is 4.31. The molecule has 3 aromatic rings. The molecule has 0 saturated heterocycles. The van der Waals surface area contributed by atoms with Crippen LogP contribution in [0.4, 0.5) is 0 Å². The van der Waals surface area contributed by atoms with Gasteiger partial charge in [-0.15, -0.1) is 0 Å². The monoisotopic (exact) mass is 401 g/mol. The van der Waals surface area contributed by atoms with E-state index in [-0.39, 0.29) is 11.5 Å². The van der Waals surface area contributed by atoms with Crippen LogP contribution in [-0.2, 0) is 13.0 Å². The van der Waals surface area contributed by atoms with Crippen LogP contribution in [0.2, 0.25) is 0 Å². The van der Waals surface area contributed by atoms with E-state index in [1.54, 1.807) is 17.6 Å². The van der Waals surface area contributed by atoms with Gasteiger partial charge in [-0.3, -0.25) is 14.2 Å². The highest BCUT2D eigenvalue weighted by atomic mass is 32.1. The molecule has 0 radical (unpaired) electrons. The minimum Gasteiger partial charge on any atom is -0.435 e. The van der Waals surface area contributed by atoms with Gasteiger partial charge in [-0.2, -0.15) is 4.99 Å². The molecule has 0 spiro atoms. The summed E-state index contributed by atoms with van der Waals surface area (Å²) in [4.78, 5) is 41.7. The van der Waals surface area contributed by atoms with Crippen molar-refractivity contribution in [3.63, 3.8) is 0 Å². The molecule has 0 aliphatic carbocycles. The first-order valence-electron chi connectivity index (χ1n) is 8.51. The molecule has 28 heavy (non-hydrogen) atoms. The van der Waals surface area contributed by atoms with Gasteiger partial charge in [0.05, 0.1) is 11.9 Å². The number of nitrogens with zero attached hydrogens (tertiary/aromatic N) is 5. The molecule has 0 saturated carbocycles. The predicted molar refractivity (Wildman–Crippen MR) is 103 cm³/mol. The van der Waals surface area contributed by atoms with Gasteiger partial charge in [0.1, 0.15) is 5.69 Å². The summed E-state index contributed by atoms with van der Waals surface area (Å²) >= 11 is 1.12. The van der Waals surface area contributed by atoms with Crippen molar-refractivity contribution in [3.8, 4) is 0 Å². The van der Waals surface area contributed by atoms with Gasteiger partial charge >= 0.3 is 5.91 Å². The molecule has 2 amide bonds. The molecule has 10 nitrogen and oxygen atoms in total. The van der Waals surface area contributed by atoms with E-state index in [4.69, 9.17) is 15.9 Å². The zero-order valence-corrected chi connectivity index (χ0v) is 16.2. The number of nitrogens with two attached hydrogens (primary N) is 2. The highest BCUT2D eigenvalue weighted by Crippen LogP contribution is 2.15. The molecule has 0 atom stereocenters. The van der Waals surface area contributed by atoms with Crippen molar-refractivity contribution in [2.24, 2.45) is 16.5 Å². The lowest BCUT2D eigenvalue weighted by Gasteiger charge is -2.00. The van der Waals surface area contributed by atoms with Crippen molar-refractivity contribution >= 4 is 33.6 Å². The number of hydrogen-bond acceptors (Lipinski definition) is 8. The lowest BCUT2D eigenvalue weighted by Crippen LogP contribution is -2.17. The number of allylic oxidation sites excluding steroid dienone is 1. The van der Waals surface area contributed by atoms with Crippen LogP contribution >= 0.6 is 11.3 Å². The number of rotatable bonds is 6. The molecule has 3 heterocycles. The summed E-state index contributed by atoms with van der Waals surface area (Å²) in [7, 11) is 0. The van der Waals surface area contributed by atoms with Crippen LogP contribution in [-0.4, -0.2) is 37.9 Å². The summed E-state index contributed by atoms with van der Waals surface area (Å²) in [5.74, 6) is -0.715. The third-order valence-electron chi connectivity index (χ3n) is 3.77. The van der Waals surface area contributed by atoms with E-state index in [0.717, 1.165) is 11.3 Å². The number of aromatic nitrogens is 4. The van der Waals surface area contributed by atoms with Crippen molar-refractivity contribution < 1.29 is 14.0 Å². The molecular formula is C17H19N7O3S. The number of carbonyl (C=O) groups is 2. The molecule has 0 bridgehead atoms. The molecule has 0 unspecified atom stereocenters. The van der Waals surface area contributed by atoms with Crippen molar-refractivity contribution in [2.45, 2.75) is 26.8 Å². The Kier molecular flexibility index (Phi) is 5.76. The molecule has 11 heteroatoms. The Bertz CT molecular complexity index is 1140. The van der Waals surface area contributed by atoms with Crippen LogP contribution in [0.25, 0.3) is 10.5 Å². The van der Waals surface area contributed by atoms with E-state index in [1.807, 2.05) is 13.0 Å². The smallest absolute Gasteiger partial charge is 0.317 e. The van der Waals surface area contributed by atoms with E-state index in [2.05, 4.69) is 19.9 Å². The molecule has 0 aliphatic rings. The van der Waals surface area contributed by atoms with E-state index < -0.39 is 11.8 Å². The molecular weight excluding hydrogens is 382 g/mol. The van der Waals surface area contributed by atoms with Gasteiger partial charge in [-0.1, -0.05) is 30.4 Å². The molecule has 0 aromatic carbocycles. The van der Waals surface area contributed by atoms with Gasteiger partial charge in [0, 0.05) is 20.0 Å². The van der Waals surface area contributed by atoms with E-state index >= 15 is 0 Å². The maximum absolute atomic E-state index is 12.7. The number of aryl methyl sites for hydroxylation is 2. The number of hydrogen-bond donors (Lipinski definition) is 2. The lowest BCUT2D eigenvalue weighted by molar-refractivity contribution is 0.0967. The predicted octanol–water partition coefficient (Wildman–Crippen LogP) is 0.707. The van der Waals surface area contributed by atoms with Gasteiger partial charge in [0.15, 0.2) is 21.2 Å². The Labute approximate surface area is 163 Å². The summed E-state index contributed by atoms with van der Waals surface area (Å²) in [6.07, 6.45) is 5.45. The van der Waals surface area contributed by atoms with E-state index in [9.17, 15) is 9.59 Å². The first-order valence-corrected chi connectivity index (χ1v) is 9.32. The average molecular weight is 401 g/mol. The Hall–Kier alpha value is -3.18. The Balaban J connectivity index is 2.15. The van der Waals surface area contributed by atoms with Gasteiger partial charge < -0.3 is 15.9 Å². The quantitative estimate of drug-likeness (QED) is 0.576. The summed E-state index contributed by atoms with van der Waals surface area (Å²) in [5, 5.41) is 0. The zero-order valence-electron chi connectivity index (χ0n) is 15.4. The van der Waals surface area contributed by atoms with Crippen molar-refractivity contribution in [2.75, 3.05) is 6.54 Å². The molecule has 0 fully saturated rings. The van der Waals surface area contributed by atoms with Crippen LogP contribution in [0.15, 0.2) is 27.8 Å². The third-order valence-corrected chi connectivity index (χ3v) is 4.73. The van der Waals surface area contributed by atoms with Crippen LogP contribution in [0, 0.1) is 6.92 Å². The van der Waals surface area contributed by atoms with Gasteiger partial charge in [0.25, 0.3) is 5.91 Å². The fraction of sp³-hybridized carbons (Fsp3) is 0.294. The van der Waals surface area contributed by atoms with E-state index in [0.29, 0.717) is 46.4 Å². The maximum Gasteiger partial charge on any atom is 0.317 e. The van der Waals surface area contributed by atoms with Crippen LogP contribution in [0.1, 0.15) is 39.6 Å². The second kappa shape index (κ2) is 8.23. The van der Waals surface area contributed by atoms with Crippen molar-refractivity contribution in [3.05, 3.63) is 46.2 Å². The minimum atomic E-state index is -0.684. The summed E-state index contributed by atoms with van der Waals surface area (Å²) in [5.41, 5.74) is 11.8. The number of primary amides is 1. The normalized spacial score (nSPS) is 12.3. The lowest BCUT2D eigenvalue weighted by atomic mass is 10.3. The molecule has 146 valence electrons. The second-order valence-electron chi connectivity index (χ2n) is 5.73. The highest BCUT2D eigenvalue weighted by molar-refractivity contribution is 7.15. The number of thiazole rings is 1. The Morgan fingerprint density at radius 3 is 2.82 bits per heavy atom. The summed E-state index contributed by atoms with van der Waals surface area (Å²) in [6, 6.07) is 0. The number of oxazole rings is 1. The molecule has 4 N–H and O–H groups in total. The minimum absolute atomic E-state index is 0.0374. The molecule has 3 rings (SSSR count). The number of carbonyl (C=O) groups excluding carboxylic acids is 2. The second-order valence-corrected chi connectivity index (χ2v) is 6.69. The van der Waals surface area contributed by atoms with Gasteiger partial charge in [-0.05, 0) is 6.42 Å². The standard InChI is InChI=1S/C17H19N7O3S/c1-3-10-12(27-9(2)21-10)15(26)23-17-24(7-5-4-6-18)14-16(28-17)22-11(8-20-14)13(19)25/h4-5,8H,3,6-7,18H2,1-2H3,(H2,19,25)/b5-4+,23-17?. The average Bonchev–Trinajstić information content (AvgIpc) is 3.21. The fourth-order valence-corrected chi connectivity index (χ4v) is 3.48. The highest BCUT2D eigenvalue weighted by Gasteiger charge is 2.18. The fourth-order valence-electron chi connectivity index (χ4n) is 2.51. The Morgan fingerprint density at radius 1 is 1.36 bits per heavy atom. The van der Waals surface area contributed by atoms with Crippen molar-refractivity contribution in [1.29, 1.82) is 0 Å². The van der Waals surface area contributed by atoms with E-state index in [1.165, 1.54) is 6.20 Å².